The monoisotopic (exact) mass is 389 g/mol. The zero-order valence-corrected chi connectivity index (χ0v) is 17.0. The number of nitrogen functional groups attached to an aromatic ring is 1. The predicted molar refractivity (Wildman–Crippen MR) is 109 cm³/mol. The van der Waals surface area contributed by atoms with Gasteiger partial charge < -0.3 is 5.73 Å². The molecule has 0 amide bonds. The first-order chi connectivity index (χ1) is 12.7. The van der Waals surface area contributed by atoms with Crippen LogP contribution in [0.3, 0.4) is 0 Å². The molecule has 1 aliphatic rings. The van der Waals surface area contributed by atoms with Crippen molar-refractivity contribution in [2.75, 3.05) is 12.3 Å². The van der Waals surface area contributed by atoms with Crippen molar-refractivity contribution in [1.82, 2.24) is 9.71 Å². The first-order valence-corrected chi connectivity index (χ1v) is 10.5. The summed E-state index contributed by atoms with van der Waals surface area (Å²) in [5.41, 5.74) is 7.93. The van der Waals surface area contributed by atoms with Gasteiger partial charge in [0.1, 0.15) is 5.82 Å². The highest BCUT2D eigenvalue weighted by molar-refractivity contribution is 7.84. The number of benzene rings is 1. The fraction of sp³-hybridized carbons (Fsp3) is 0.476. The van der Waals surface area contributed by atoms with Crippen LogP contribution in [0.5, 0.6) is 0 Å². The number of rotatable bonds is 7. The van der Waals surface area contributed by atoms with Crippen molar-refractivity contribution in [3.05, 3.63) is 59.7 Å². The van der Waals surface area contributed by atoms with Crippen LogP contribution in [-0.4, -0.2) is 20.5 Å². The van der Waals surface area contributed by atoms with E-state index in [0.29, 0.717) is 12.5 Å². The maximum atomic E-state index is 13.8. The van der Waals surface area contributed by atoms with Gasteiger partial charge in [-0.25, -0.2) is 13.3 Å². The predicted octanol–water partition coefficient (Wildman–Crippen LogP) is 3.94. The van der Waals surface area contributed by atoms with Gasteiger partial charge in [-0.15, -0.1) is 0 Å². The van der Waals surface area contributed by atoms with Gasteiger partial charge in [-0.05, 0) is 81.3 Å². The second kappa shape index (κ2) is 7.68. The Morgan fingerprint density at radius 3 is 2.41 bits per heavy atom. The van der Waals surface area contributed by atoms with Crippen LogP contribution in [0.15, 0.2) is 42.7 Å². The summed E-state index contributed by atoms with van der Waals surface area (Å²) < 4.78 is 29.1. The van der Waals surface area contributed by atoms with Crippen LogP contribution in [0.25, 0.3) is 0 Å². The molecule has 0 saturated heterocycles. The minimum absolute atomic E-state index is 0.165. The van der Waals surface area contributed by atoms with E-state index in [1.165, 1.54) is 6.07 Å². The van der Waals surface area contributed by atoms with Gasteiger partial charge in [0.2, 0.25) is 0 Å². The molecule has 146 valence electrons. The molecule has 2 unspecified atom stereocenters. The second-order valence-electron chi connectivity index (χ2n) is 8.24. The van der Waals surface area contributed by atoms with Crippen molar-refractivity contribution in [2.24, 2.45) is 5.92 Å². The Morgan fingerprint density at radius 2 is 1.85 bits per heavy atom. The van der Waals surface area contributed by atoms with Crippen LogP contribution in [0.2, 0.25) is 0 Å². The molecule has 2 aromatic rings. The fourth-order valence-corrected chi connectivity index (χ4v) is 4.46. The van der Waals surface area contributed by atoms with E-state index in [0.717, 1.165) is 30.4 Å². The molecule has 0 bridgehead atoms. The number of nitrogens with two attached hydrogens (primary N) is 1. The highest BCUT2D eigenvalue weighted by Crippen LogP contribution is 2.53. The average molecular weight is 390 g/mol. The molecule has 3 rings (SSSR count). The Balaban J connectivity index is 1.98. The van der Waals surface area contributed by atoms with Gasteiger partial charge in [0, 0.05) is 24.4 Å². The quantitative estimate of drug-likeness (QED) is 0.705. The van der Waals surface area contributed by atoms with Crippen LogP contribution >= 0.6 is 0 Å². The molecule has 1 saturated carbocycles. The molecule has 1 aromatic heterocycles. The molecular formula is C21H28FN3OS. The van der Waals surface area contributed by atoms with Gasteiger partial charge in [-0.3, -0.25) is 4.98 Å². The Hall–Kier alpha value is -1.79. The lowest BCUT2D eigenvalue weighted by Gasteiger charge is -2.36. The minimum Gasteiger partial charge on any atom is -0.396 e. The number of halogens is 1. The van der Waals surface area contributed by atoms with E-state index in [1.807, 2.05) is 39.0 Å². The average Bonchev–Trinajstić information content (AvgIpc) is 3.46. The zero-order chi connectivity index (χ0) is 19.7. The lowest BCUT2D eigenvalue weighted by molar-refractivity contribution is 0.412. The summed E-state index contributed by atoms with van der Waals surface area (Å²) in [6.45, 7) is 6.45. The summed E-state index contributed by atoms with van der Waals surface area (Å²) in [6, 6.07) is 9.10. The number of anilines is 1. The van der Waals surface area contributed by atoms with Crippen molar-refractivity contribution < 1.29 is 8.60 Å². The van der Waals surface area contributed by atoms with E-state index in [-0.39, 0.29) is 15.8 Å². The summed E-state index contributed by atoms with van der Waals surface area (Å²) in [5, 5.41) is 0. The van der Waals surface area contributed by atoms with Crippen molar-refractivity contribution in [3.8, 4) is 0 Å². The molecule has 0 radical (unpaired) electrons. The lowest BCUT2D eigenvalue weighted by atomic mass is 9.68. The number of nitrogens with one attached hydrogen (secondary N) is 1. The summed E-state index contributed by atoms with van der Waals surface area (Å²) >= 11 is 0. The van der Waals surface area contributed by atoms with Gasteiger partial charge in [-0.1, -0.05) is 6.07 Å². The van der Waals surface area contributed by atoms with Crippen LogP contribution in [0.4, 0.5) is 10.1 Å². The van der Waals surface area contributed by atoms with E-state index in [9.17, 15) is 8.60 Å². The van der Waals surface area contributed by atoms with E-state index in [1.54, 1.807) is 18.5 Å². The summed E-state index contributed by atoms with van der Waals surface area (Å²) in [7, 11) is -1.13. The Morgan fingerprint density at radius 1 is 1.19 bits per heavy atom. The smallest absolute Gasteiger partial charge is 0.146 e. The topological polar surface area (TPSA) is 68.0 Å². The maximum Gasteiger partial charge on any atom is 0.146 e. The molecule has 3 N–H and O–H groups in total. The van der Waals surface area contributed by atoms with Gasteiger partial charge in [-0.2, -0.15) is 0 Å². The molecule has 6 heteroatoms. The van der Waals surface area contributed by atoms with E-state index < -0.39 is 16.8 Å². The summed E-state index contributed by atoms with van der Waals surface area (Å²) in [5.74, 6) is 0.0553. The zero-order valence-electron chi connectivity index (χ0n) is 16.2. The third kappa shape index (κ3) is 4.22. The summed E-state index contributed by atoms with van der Waals surface area (Å²) in [4.78, 5) is 4.16. The molecule has 1 aromatic carbocycles. The van der Waals surface area contributed by atoms with Crippen LogP contribution < -0.4 is 10.5 Å². The molecule has 27 heavy (non-hydrogen) atoms. The van der Waals surface area contributed by atoms with Gasteiger partial charge in [0.15, 0.2) is 0 Å². The SMILES string of the molecule is CC(C)(C)S(=O)NCCC(c1ccncc1)(c1ccc(F)c(N)c1)C1CC1. The van der Waals surface area contributed by atoms with Gasteiger partial charge in [0.05, 0.1) is 21.4 Å². The van der Waals surface area contributed by atoms with Gasteiger partial charge in [0.25, 0.3) is 0 Å². The molecular weight excluding hydrogens is 361 g/mol. The largest absolute Gasteiger partial charge is 0.396 e. The first kappa shape index (κ1) is 20.0. The molecule has 4 nitrogen and oxygen atoms in total. The number of hydrogen-bond donors (Lipinski definition) is 2. The van der Waals surface area contributed by atoms with Crippen molar-refractivity contribution >= 4 is 16.7 Å². The molecule has 0 spiro atoms. The molecule has 2 atom stereocenters. The molecule has 1 fully saturated rings. The molecule has 1 aliphatic carbocycles. The van der Waals surface area contributed by atoms with Crippen molar-refractivity contribution in [3.63, 3.8) is 0 Å². The summed E-state index contributed by atoms with van der Waals surface area (Å²) in [6.07, 6.45) is 6.57. The Bertz CT molecular complexity index is 818. The lowest BCUT2D eigenvalue weighted by Crippen LogP contribution is -2.38. The minimum atomic E-state index is -1.13. The number of aromatic nitrogens is 1. The Labute approximate surface area is 163 Å². The van der Waals surface area contributed by atoms with Crippen LogP contribution in [-0.2, 0) is 16.4 Å². The molecule has 1 heterocycles. The Kier molecular flexibility index (Phi) is 5.68. The highest BCUT2D eigenvalue weighted by Gasteiger charge is 2.47. The van der Waals surface area contributed by atoms with E-state index >= 15 is 0 Å². The highest BCUT2D eigenvalue weighted by atomic mass is 32.2. The van der Waals surface area contributed by atoms with Crippen molar-refractivity contribution in [2.45, 2.75) is 50.2 Å². The van der Waals surface area contributed by atoms with Crippen LogP contribution in [0, 0.1) is 11.7 Å². The van der Waals surface area contributed by atoms with E-state index in [4.69, 9.17) is 5.73 Å². The van der Waals surface area contributed by atoms with Crippen molar-refractivity contribution in [1.29, 1.82) is 0 Å². The van der Waals surface area contributed by atoms with Gasteiger partial charge >= 0.3 is 0 Å². The maximum absolute atomic E-state index is 13.8. The fourth-order valence-electron chi connectivity index (χ4n) is 3.73. The van der Waals surface area contributed by atoms with Crippen LogP contribution in [0.1, 0.15) is 51.2 Å². The second-order valence-corrected chi connectivity index (χ2v) is 10.3. The number of hydrogen-bond acceptors (Lipinski definition) is 3. The first-order valence-electron chi connectivity index (χ1n) is 9.36. The molecule has 0 aliphatic heterocycles. The normalized spacial score (nSPS) is 18.1. The number of nitrogens with zero attached hydrogens (tertiary/aromatic N) is 1. The van der Waals surface area contributed by atoms with E-state index in [2.05, 4.69) is 9.71 Å². The standard InChI is InChI=1S/C21H28FN3OS/c1-20(2,3)27(26)25-13-10-21(15-4-5-15,16-8-11-24-12-9-16)17-6-7-18(22)19(23)14-17/h6-9,11-12,14-15,25H,4-5,10,13,23H2,1-3H3. The third-order valence-electron chi connectivity index (χ3n) is 5.29. The number of pyridine rings is 1. The third-order valence-corrected chi connectivity index (χ3v) is 6.87.